The van der Waals surface area contributed by atoms with Crippen molar-refractivity contribution in [2.75, 3.05) is 6.61 Å². The van der Waals surface area contributed by atoms with E-state index in [4.69, 9.17) is 0 Å². The van der Waals surface area contributed by atoms with E-state index in [1.807, 2.05) is 0 Å². The van der Waals surface area contributed by atoms with Crippen molar-refractivity contribution in [3.8, 4) is 0 Å². The molecule has 1 spiro atoms. The van der Waals surface area contributed by atoms with Crippen LogP contribution < -0.4 is 0 Å². The molecular weight excluding hydrogens is 272 g/mol. The van der Waals surface area contributed by atoms with Crippen molar-refractivity contribution < 1.29 is 10.2 Å². The largest absolute Gasteiger partial charge is 0.396 e. The molecule has 22 heavy (non-hydrogen) atoms. The zero-order chi connectivity index (χ0) is 15.8. The first-order valence-electron chi connectivity index (χ1n) is 9.31. The predicted molar refractivity (Wildman–Crippen MR) is 88.3 cm³/mol. The van der Waals surface area contributed by atoms with E-state index in [1.54, 1.807) is 0 Å². The molecule has 7 atom stereocenters. The standard InChI is InChI=1S/C20H32O2/c1-13-10-20-8-5-16-18(2,12-21)6-4-7-19(16,3)17(20)9-15(22)14(13)11-20/h14-17,21-22H,1,4-12H2,2-3H3/t14-,15+,16-,17+,18-,19-,20-/m1/s1. The molecular formula is C20H32O2. The summed E-state index contributed by atoms with van der Waals surface area (Å²) < 4.78 is 0. The van der Waals surface area contributed by atoms with E-state index in [9.17, 15) is 10.2 Å². The maximum absolute atomic E-state index is 10.7. The topological polar surface area (TPSA) is 40.5 Å². The lowest BCUT2D eigenvalue weighted by Gasteiger charge is -2.64. The number of hydrogen-bond acceptors (Lipinski definition) is 2. The molecule has 4 aliphatic rings. The van der Waals surface area contributed by atoms with E-state index in [-0.39, 0.29) is 11.5 Å². The molecule has 124 valence electrons. The van der Waals surface area contributed by atoms with Crippen LogP contribution >= 0.6 is 0 Å². The summed E-state index contributed by atoms with van der Waals surface area (Å²) in [5, 5.41) is 20.7. The molecule has 2 nitrogen and oxygen atoms in total. The average Bonchev–Trinajstić information content (AvgIpc) is 2.75. The van der Waals surface area contributed by atoms with Gasteiger partial charge in [0.15, 0.2) is 0 Å². The second kappa shape index (κ2) is 4.60. The van der Waals surface area contributed by atoms with Gasteiger partial charge in [0.2, 0.25) is 0 Å². The van der Waals surface area contributed by atoms with Crippen LogP contribution in [0.1, 0.15) is 65.2 Å². The lowest BCUT2D eigenvalue weighted by Crippen LogP contribution is -2.58. The Morgan fingerprint density at radius 3 is 2.68 bits per heavy atom. The Bertz CT molecular complexity index is 500. The molecule has 4 aliphatic carbocycles. The van der Waals surface area contributed by atoms with Crippen LogP contribution in [0.3, 0.4) is 0 Å². The highest BCUT2D eigenvalue weighted by atomic mass is 16.3. The predicted octanol–water partition coefficient (Wildman–Crippen LogP) is 3.92. The maximum atomic E-state index is 10.7. The fraction of sp³-hybridized carbons (Fsp3) is 0.900. The molecule has 4 fully saturated rings. The van der Waals surface area contributed by atoms with Crippen LogP contribution in [-0.2, 0) is 0 Å². The Balaban J connectivity index is 1.75. The molecule has 0 aromatic rings. The number of aliphatic hydroxyl groups is 2. The molecule has 0 aromatic carbocycles. The molecule has 2 N–H and O–H groups in total. The van der Waals surface area contributed by atoms with Gasteiger partial charge >= 0.3 is 0 Å². The van der Waals surface area contributed by atoms with Crippen LogP contribution in [0, 0.1) is 34.0 Å². The van der Waals surface area contributed by atoms with Crippen LogP contribution in [-0.4, -0.2) is 22.9 Å². The summed E-state index contributed by atoms with van der Waals surface area (Å²) in [7, 11) is 0. The van der Waals surface area contributed by atoms with E-state index in [0.717, 1.165) is 12.8 Å². The Hall–Kier alpha value is -0.340. The van der Waals surface area contributed by atoms with E-state index in [0.29, 0.717) is 35.2 Å². The number of aliphatic hydroxyl groups excluding tert-OH is 2. The lowest BCUT2D eigenvalue weighted by atomic mass is 9.41. The van der Waals surface area contributed by atoms with Gasteiger partial charge in [0.1, 0.15) is 0 Å². The van der Waals surface area contributed by atoms with Gasteiger partial charge in [-0.05, 0) is 73.0 Å². The minimum Gasteiger partial charge on any atom is -0.396 e. The Kier molecular flexibility index (Phi) is 3.18. The molecule has 0 saturated heterocycles. The third-order valence-corrected chi connectivity index (χ3v) is 8.60. The molecule has 0 aliphatic heterocycles. The molecule has 2 bridgehead atoms. The highest BCUT2D eigenvalue weighted by Gasteiger charge is 2.64. The van der Waals surface area contributed by atoms with Gasteiger partial charge < -0.3 is 10.2 Å². The quantitative estimate of drug-likeness (QED) is 0.721. The minimum atomic E-state index is -0.175. The van der Waals surface area contributed by atoms with Crippen molar-refractivity contribution in [3.63, 3.8) is 0 Å². The zero-order valence-corrected chi connectivity index (χ0v) is 14.3. The molecule has 0 amide bonds. The van der Waals surface area contributed by atoms with Gasteiger partial charge in [-0.2, -0.15) is 0 Å². The summed E-state index contributed by atoms with van der Waals surface area (Å²) in [6, 6.07) is 0. The molecule has 0 aromatic heterocycles. The zero-order valence-electron chi connectivity index (χ0n) is 14.3. The normalized spacial score (nSPS) is 57.4. The lowest BCUT2D eigenvalue weighted by molar-refractivity contribution is -0.172. The fourth-order valence-corrected chi connectivity index (χ4v) is 7.63. The molecule has 0 heterocycles. The van der Waals surface area contributed by atoms with Gasteiger partial charge in [0.25, 0.3) is 0 Å². The van der Waals surface area contributed by atoms with Gasteiger partial charge in [-0.3, -0.25) is 0 Å². The summed E-state index contributed by atoms with van der Waals surface area (Å²) >= 11 is 0. The summed E-state index contributed by atoms with van der Waals surface area (Å²) in [6.45, 7) is 9.43. The van der Waals surface area contributed by atoms with Gasteiger partial charge in [-0.25, -0.2) is 0 Å². The maximum Gasteiger partial charge on any atom is 0.0608 e. The van der Waals surface area contributed by atoms with Crippen LogP contribution in [0.25, 0.3) is 0 Å². The van der Waals surface area contributed by atoms with Crippen molar-refractivity contribution >= 4 is 0 Å². The van der Waals surface area contributed by atoms with Crippen molar-refractivity contribution in [2.24, 2.45) is 34.0 Å². The second-order valence-corrected chi connectivity index (χ2v) is 9.63. The average molecular weight is 304 g/mol. The second-order valence-electron chi connectivity index (χ2n) is 9.63. The first-order valence-corrected chi connectivity index (χ1v) is 9.31. The van der Waals surface area contributed by atoms with Crippen LogP contribution in [0.2, 0.25) is 0 Å². The highest BCUT2D eigenvalue weighted by molar-refractivity contribution is 5.24. The van der Waals surface area contributed by atoms with Crippen molar-refractivity contribution in [1.29, 1.82) is 0 Å². The van der Waals surface area contributed by atoms with Crippen LogP contribution in [0.4, 0.5) is 0 Å². The van der Waals surface area contributed by atoms with Gasteiger partial charge in [-0.1, -0.05) is 32.4 Å². The van der Waals surface area contributed by atoms with Crippen molar-refractivity contribution in [1.82, 2.24) is 0 Å². The van der Waals surface area contributed by atoms with E-state index in [1.165, 1.54) is 44.1 Å². The Morgan fingerprint density at radius 1 is 1.18 bits per heavy atom. The minimum absolute atomic E-state index is 0.0893. The molecule has 2 heteroatoms. The highest BCUT2D eigenvalue weighted by Crippen LogP contribution is 2.72. The first-order chi connectivity index (χ1) is 10.3. The summed E-state index contributed by atoms with van der Waals surface area (Å²) in [5.41, 5.74) is 2.12. The molecule has 4 saturated carbocycles. The van der Waals surface area contributed by atoms with Gasteiger partial charge in [0.05, 0.1) is 6.10 Å². The smallest absolute Gasteiger partial charge is 0.0608 e. The molecule has 4 rings (SSSR count). The van der Waals surface area contributed by atoms with Crippen molar-refractivity contribution in [3.05, 3.63) is 12.2 Å². The van der Waals surface area contributed by atoms with E-state index < -0.39 is 0 Å². The monoisotopic (exact) mass is 304 g/mol. The summed E-state index contributed by atoms with van der Waals surface area (Å²) in [5.74, 6) is 1.60. The van der Waals surface area contributed by atoms with Gasteiger partial charge in [-0.15, -0.1) is 0 Å². The van der Waals surface area contributed by atoms with Crippen LogP contribution in [0.15, 0.2) is 12.2 Å². The summed E-state index contributed by atoms with van der Waals surface area (Å²) in [6.07, 6.45) is 9.36. The summed E-state index contributed by atoms with van der Waals surface area (Å²) in [4.78, 5) is 0. The third kappa shape index (κ3) is 1.74. The van der Waals surface area contributed by atoms with Gasteiger partial charge in [0, 0.05) is 12.5 Å². The Morgan fingerprint density at radius 2 is 1.95 bits per heavy atom. The van der Waals surface area contributed by atoms with Crippen molar-refractivity contribution in [2.45, 2.75) is 71.3 Å². The SMILES string of the molecule is C=C1C[C@@]23CC[C@@H]4[C@@](C)(CO)CCC[C@@]4(C)[C@@H]2C[C@H](O)[C@@H]1C3. The molecule has 0 radical (unpaired) electrons. The first kappa shape index (κ1) is 15.2. The number of fused-ring (bicyclic) bond motifs is 3. The molecule has 0 unspecified atom stereocenters. The Labute approximate surface area is 135 Å². The van der Waals surface area contributed by atoms with E-state index >= 15 is 0 Å². The number of rotatable bonds is 1. The fourth-order valence-electron chi connectivity index (χ4n) is 7.63. The number of hydrogen-bond donors (Lipinski definition) is 2. The van der Waals surface area contributed by atoms with Crippen LogP contribution in [0.5, 0.6) is 0 Å². The van der Waals surface area contributed by atoms with E-state index in [2.05, 4.69) is 20.4 Å². The third-order valence-electron chi connectivity index (χ3n) is 8.60.